The molecule has 0 spiro atoms. The minimum absolute atomic E-state index is 0.112. The lowest BCUT2D eigenvalue weighted by molar-refractivity contribution is -0.116. The van der Waals surface area contributed by atoms with Crippen LogP contribution >= 0.6 is 35.0 Å². The number of Topliss-reactive ketones (excluding diaryl/α,β-unsaturated/α-hetero) is 1. The van der Waals surface area contributed by atoms with Gasteiger partial charge in [0.1, 0.15) is 11.5 Å². The lowest BCUT2D eigenvalue weighted by Gasteiger charge is -2.08. The molecule has 2 aromatic carbocycles. The third-order valence-electron chi connectivity index (χ3n) is 2.83. The Balaban J connectivity index is 1.97. The molecule has 0 fully saturated rings. The molecule has 0 atom stereocenters. The minimum atomic E-state index is 0.112. The Kier molecular flexibility index (Phi) is 5.97. The van der Waals surface area contributed by atoms with Crippen LogP contribution in [0.15, 0.2) is 47.4 Å². The molecule has 0 saturated heterocycles. The molecule has 0 unspecified atom stereocenters. The molecule has 21 heavy (non-hydrogen) atoms. The van der Waals surface area contributed by atoms with E-state index in [0.717, 1.165) is 10.5 Å². The number of hydrogen-bond acceptors (Lipinski definition) is 3. The van der Waals surface area contributed by atoms with Gasteiger partial charge in [-0.1, -0.05) is 29.3 Å². The van der Waals surface area contributed by atoms with Crippen LogP contribution in [0.2, 0.25) is 10.0 Å². The number of benzene rings is 2. The molecule has 0 aliphatic carbocycles. The van der Waals surface area contributed by atoms with Crippen molar-refractivity contribution in [1.29, 1.82) is 0 Å². The van der Waals surface area contributed by atoms with Gasteiger partial charge in [-0.05, 0) is 36.4 Å². The maximum atomic E-state index is 12.1. The van der Waals surface area contributed by atoms with Crippen molar-refractivity contribution in [1.82, 2.24) is 0 Å². The van der Waals surface area contributed by atoms with Crippen molar-refractivity contribution in [2.45, 2.75) is 11.3 Å². The summed E-state index contributed by atoms with van der Waals surface area (Å²) in [5.74, 6) is 1.18. The number of carbonyl (C=O) groups is 1. The van der Waals surface area contributed by atoms with E-state index in [-0.39, 0.29) is 5.78 Å². The van der Waals surface area contributed by atoms with Gasteiger partial charge in [0.05, 0.1) is 12.9 Å². The molecule has 0 N–H and O–H groups in total. The van der Waals surface area contributed by atoms with Crippen LogP contribution in [0.1, 0.15) is 5.56 Å². The highest BCUT2D eigenvalue weighted by atomic mass is 35.5. The van der Waals surface area contributed by atoms with Crippen molar-refractivity contribution in [3.63, 3.8) is 0 Å². The van der Waals surface area contributed by atoms with Gasteiger partial charge in [0.25, 0.3) is 0 Å². The van der Waals surface area contributed by atoms with Crippen LogP contribution in [-0.4, -0.2) is 18.6 Å². The second-order valence-electron chi connectivity index (χ2n) is 4.42. The van der Waals surface area contributed by atoms with Gasteiger partial charge in [0, 0.05) is 26.9 Å². The topological polar surface area (TPSA) is 26.3 Å². The SMILES string of the molecule is COc1ccc(Cl)cc1CC(=O)CSc1cccc(Cl)c1. The number of methoxy groups -OCH3 is 1. The van der Waals surface area contributed by atoms with E-state index in [1.165, 1.54) is 11.8 Å². The molecule has 0 amide bonds. The lowest BCUT2D eigenvalue weighted by atomic mass is 10.1. The van der Waals surface area contributed by atoms with Crippen molar-refractivity contribution in [3.8, 4) is 5.75 Å². The molecule has 0 aliphatic rings. The first-order valence-corrected chi connectivity index (χ1v) is 8.05. The summed E-state index contributed by atoms with van der Waals surface area (Å²) in [5, 5.41) is 1.27. The largest absolute Gasteiger partial charge is 0.496 e. The summed E-state index contributed by atoms with van der Waals surface area (Å²) in [4.78, 5) is 13.1. The van der Waals surface area contributed by atoms with Crippen LogP contribution < -0.4 is 4.74 Å². The van der Waals surface area contributed by atoms with Gasteiger partial charge >= 0.3 is 0 Å². The van der Waals surface area contributed by atoms with Gasteiger partial charge < -0.3 is 4.74 Å². The second kappa shape index (κ2) is 7.74. The van der Waals surface area contributed by atoms with Gasteiger partial charge in [-0.2, -0.15) is 0 Å². The number of halogens is 2. The first kappa shape index (κ1) is 16.2. The van der Waals surface area contributed by atoms with Gasteiger partial charge in [0.2, 0.25) is 0 Å². The van der Waals surface area contributed by atoms with E-state index in [1.54, 1.807) is 25.3 Å². The summed E-state index contributed by atoms with van der Waals surface area (Å²) in [6, 6.07) is 12.7. The fraction of sp³-hybridized carbons (Fsp3) is 0.188. The summed E-state index contributed by atoms with van der Waals surface area (Å²) in [7, 11) is 1.58. The average Bonchev–Trinajstić information content (AvgIpc) is 2.45. The van der Waals surface area contributed by atoms with Crippen LogP contribution in [0.25, 0.3) is 0 Å². The molecular formula is C16H14Cl2O2S. The molecule has 0 saturated carbocycles. The zero-order valence-electron chi connectivity index (χ0n) is 11.4. The smallest absolute Gasteiger partial charge is 0.147 e. The maximum absolute atomic E-state index is 12.1. The summed E-state index contributed by atoms with van der Waals surface area (Å²) in [6.07, 6.45) is 0.303. The van der Waals surface area contributed by atoms with Crippen LogP contribution in [0, 0.1) is 0 Å². The quantitative estimate of drug-likeness (QED) is 0.699. The molecule has 0 aliphatic heterocycles. The van der Waals surface area contributed by atoms with Crippen molar-refractivity contribution >= 4 is 40.7 Å². The van der Waals surface area contributed by atoms with E-state index >= 15 is 0 Å². The Morgan fingerprint density at radius 1 is 1.14 bits per heavy atom. The fourth-order valence-electron chi connectivity index (χ4n) is 1.87. The normalized spacial score (nSPS) is 10.4. The number of carbonyl (C=O) groups excluding carboxylic acids is 1. The third kappa shape index (κ3) is 4.95. The Hall–Kier alpha value is -1.16. The van der Waals surface area contributed by atoms with E-state index in [0.29, 0.717) is 28.0 Å². The number of hydrogen-bond donors (Lipinski definition) is 0. The van der Waals surface area contributed by atoms with Crippen molar-refractivity contribution in [2.24, 2.45) is 0 Å². The highest BCUT2D eigenvalue weighted by Crippen LogP contribution is 2.25. The van der Waals surface area contributed by atoms with E-state index in [4.69, 9.17) is 27.9 Å². The molecule has 5 heteroatoms. The Morgan fingerprint density at radius 2 is 1.90 bits per heavy atom. The summed E-state index contributed by atoms with van der Waals surface area (Å²) < 4.78 is 5.24. The van der Waals surface area contributed by atoms with Crippen molar-refractivity contribution < 1.29 is 9.53 Å². The van der Waals surface area contributed by atoms with Gasteiger partial charge in [0.15, 0.2) is 0 Å². The lowest BCUT2D eigenvalue weighted by Crippen LogP contribution is -2.07. The Morgan fingerprint density at radius 3 is 2.62 bits per heavy atom. The van der Waals surface area contributed by atoms with E-state index < -0.39 is 0 Å². The molecule has 2 rings (SSSR count). The number of thioether (sulfide) groups is 1. The van der Waals surface area contributed by atoms with Crippen LogP contribution in [0.5, 0.6) is 5.75 Å². The Labute approximate surface area is 138 Å². The van der Waals surface area contributed by atoms with Crippen molar-refractivity contribution in [3.05, 3.63) is 58.1 Å². The summed E-state index contributed by atoms with van der Waals surface area (Å²) in [5.41, 5.74) is 0.807. The zero-order valence-corrected chi connectivity index (χ0v) is 13.8. The van der Waals surface area contributed by atoms with Gasteiger partial charge in [-0.3, -0.25) is 4.79 Å². The molecule has 0 bridgehead atoms. The first-order chi connectivity index (χ1) is 10.1. The van der Waals surface area contributed by atoms with Crippen LogP contribution in [0.3, 0.4) is 0 Å². The van der Waals surface area contributed by atoms with E-state index in [2.05, 4.69) is 0 Å². The highest BCUT2D eigenvalue weighted by molar-refractivity contribution is 8.00. The fourth-order valence-corrected chi connectivity index (χ4v) is 3.13. The molecule has 2 nitrogen and oxygen atoms in total. The predicted molar refractivity (Wildman–Crippen MR) is 88.9 cm³/mol. The molecular weight excluding hydrogens is 327 g/mol. The maximum Gasteiger partial charge on any atom is 0.147 e. The number of ether oxygens (including phenoxy) is 1. The standard InChI is InChI=1S/C16H14Cl2O2S/c1-20-16-6-5-13(18)7-11(16)8-14(19)10-21-15-4-2-3-12(17)9-15/h2-7,9H,8,10H2,1H3. The van der Waals surface area contributed by atoms with Crippen LogP contribution in [-0.2, 0) is 11.2 Å². The monoisotopic (exact) mass is 340 g/mol. The van der Waals surface area contributed by atoms with E-state index in [9.17, 15) is 4.79 Å². The molecule has 0 aromatic heterocycles. The predicted octanol–water partition coefficient (Wildman–Crippen LogP) is 4.91. The minimum Gasteiger partial charge on any atom is -0.496 e. The Bertz CT molecular complexity index is 644. The van der Waals surface area contributed by atoms with Crippen LogP contribution in [0.4, 0.5) is 0 Å². The molecule has 0 heterocycles. The molecule has 2 aromatic rings. The van der Waals surface area contributed by atoms with Gasteiger partial charge in [-0.15, -0.1) is 11.8 Å². The second-order valence-corrected chi connectivity index (χ2v) is 6.34. The first-order valence-electron chi connectivity index (χ1n) is 6.31. The molecule has 0 radical (unpaired) electrons. The van der Waals surface area contributed by atoms with Gasteiger partial charge in [-0.25, -0.2) is 0 Å². The van der Waals surface area contributed by atoms with Crippen molar-refractivity contribution in [2.75, 3.05) is 12.9 Å². The summed E-state index contributed by atoms with van der Waals surface area (Å²) in [6.45, 7) is 0. The summed E-state index contributed by atoms with van der Waals surface area (Å²) >= 11 is 13.4. The molecule has 110 valence electrons. The average molecular weight is 341 g/mol. The third-order valence-corrected chi connectivity index (χ3v) is 4.35. The zero-order chi connectivity index (χ0) is 15.2. The van der Waals surface area contributed by atoms with E-state index in [1.807, 2.05) is 24.3 Å². The highest BCUT2D eigenvalue weighted by Gasteiger charge is 2.10. The number of rotatable bonds is 6. The number of ketones is 1.